The van der Waals surface area contributed by atoms with Crippen LogP contribution in [0.5, 0.6) is 0 Å². The van der Waals surface area contributed by atoms with Crippen molar-refractivity contribution in [2.75, 3.05) is 25.1 Å². The molecule has 10 nitrogen and oxygen atoms in total. The number of hydrogen-bond donors (Lipinski definition) is 1. The second-order valence-electron chi connectivity index (χ2n) is 6.56. The van der Waals surface area contributed by atoms with E-state index in [1.807, 2.05) is 0 Å². The zero-order chi connectivity index (χ0) is 22.5. The van der Waals surface area contributed by atoms with Crippen LogP contribution in [-0.4, -0.2) is 47.6 Å². The van der Waals surface area contributed by atoms with E-state index in [0.29, 0.717) is 18.0 Å². The average Bonchev–Trinajstić information content (AvgIpc) is 3.11. The van der Waals surface area contributed by atoms with Crippen molar-refractivity contribution in [2.45, 2.75) is 26.8 Å². The fourth-order valence-corrected chi connectivity index (χ4v) is 4.44. The summed E-state index contributed by atoms with van der Waals surface area (Å²) in [4.78, 5) is 49.9. The Labute approximate surface area is 181 Å². The summed E-state index contributed by atoms with van der Waals surface area (Å²) in [5.41, 5.74) is 1.10. The molecular weight excluding hydrogens is 426 g/mol. The molecule has 0 unspecified atom stereocenters. The predicted molar refractivity (Wildman–Crippen MR) is 112 cm³/mol. The van der Waals surface area contributed by atoms with Crippen LogP contribution < -0.4 is 5.32 Å². The number of non-ortho nitro benzene ring substituents is 1. The van der Waals surface area contributed by atoms with Crippen LogP contribution in [0.15, 0.2) is 24.3 Å². The number of carbonyl (C=O) groups excluding carboxylic acids is 3. The number of hydrogen-bond acceptors (Lipinski definition) is 8. The first-order chi connectivity index (χ1) is 14.8. The van der Waals surface area contributed by atoms with E-state index in [-0.39, 0.29) is 36.6 Å². The molecule has 31 heavy (non-hydrogen) atoms. The number of amides is 2. The van der Waals surface area contributed by atoms with Crippen LogP contribution in [0.4, 0.5) is 15.5 Å². The Kier molecular flexibility index (Phi) is 6.85. The number of esters is 1. The number of nitro groups is 1. The summed E-state index contributed by atoms with van der Waals surface area (Å²) >= 11 is 1.20. The van der Waals surface area contributed by atoms with Crippen LogP contribution in [0, 0.1) is 10.1 Å². The third-order valence-electron chi connectivity index (χ3n) is 4.63. The number of thiophene rings is 1. The van der Waals surface area contributed by atoms with Crippen LogP contribution in [0.25, 0.3) is 0 Å². The summed E-state index contributed by atoms with van der Waals surface area (Å²) in [7, 11) is 0. The zero-order valence-corrected chi connectivity index (χ0v) is 17.8. The highest BCUT2D eigenvalue weighted by molar-refractivity contribution is 7.17. The first-order valence-electron chi connectivity index (χ1n) is 9.64. The third kappa shape index (κ3) is 4.82. The molecule has 164 valence electrons. The number of fused-ring (bicyclic) bond motifs is 1. The van der Waals surface area contributed by atoms with Crippen LogP contribution >= 0.6 is 11.3 Å². The van der Waals surface area contributed by atoms with Gasteiger partial charge in [0.05, 0.1) is 30.2 Å². The number of nitrogens with one attached hydrogen (secondary N) is 1. The van der Waals surface area contributed by atoms with Gasteiger partial charge >= 0.3 is 12.1 Å². The van der Waals surface area contributed by atoms with Crippen LogP contribution in [-0.2, 0) is 22.4 Å². The molecule has 1 aromatic heterocycles. The summed E-state index contributed by atoms with van der Waals surface area (Å²) in [6.07, 6.45) is -0.0117. The first kappa shape index (κ1) is 22.2. The topological polar surface area (TPSA) is 128 Å². The lowest BCUT2D eigenvalue weighted by atomic mass is 10.0. The lowest BCUT2D eigenvalue weighted by Gasteiger charge is -2.26. The summed E-state index contributed by atoms with van der Waals surface area (Å²) in [6, 6.07) is 5.15. The van der Waals surface area contributed by atoms with Gasteiger partial charge in [0.2, 0.25) is 0 Å². The number of nitro benzene ring substituents is 1. The van der Waals surface area contributed by atoms with Gasteiger partial charge in [-0.1, -0.05) is 0 Å². The predicted octanol–water partition coefficient (Wildman–Crippen LogP) is 3.60. The minimum Gasteiger partial charge on any atom is -0.462 e. The van der Waals surface area contributed by atoms with Crippen molar-refractivity contribution in [1.29, 1.82) is 0 Å². The molecule has 0 saturated carbocycles. The Hall–Kier alpha value is -3.47. The summed E-state index contributed by atoms with van der Waals surface area (Å²) in [6.45, 7) is 4.49. The first-order valence-corrected chi connectivity index (χ1v) is 10.5. The standard InChI is InChI=1S/C20H21N3O7S/c1-3-29-19(25)16-14-9-10-22(20(26)30-4-2)11-15(14)31-18(16)21-17(24)12-5-7-13(8-6-12)23(27)28/h5-8H,3-4,9-11H2,1-2H3,(H,21,24). The van der Waals surface area contributed by atoms with E-state index >= 15 is 0 Å². The normalized spacial score (nSPS) is 12.6. The molecule has 0 fully saturated rings. The molecule has 1 N–H and O–H groups in total. The maximum atomic E-state index is 12.7. The van der Waals surface area contributed by atoms with E-state index in [1.54, 1.807) is 18.7 Å². The van der Waals surface area contributed by atoms with E-state index in [4.69, 9.17) is 9.47 Å². The highest BCUT2D eigenvalue weighted by atomic mass is 32.1. The van der Waals surface area contributed by atoms with E-state index in [1.165, 1.54) is 35.6 Å². The minimum atomic E-state index is -0.552. The van der Waals surface area contributed by atoms with Gasteiger partial charge in [-0.05, 0) is 38.0 Å². The van der Waals surface area contributed by atoms with E-state index in [2.05, 4.69) is 5.32 Å². The maximum Gasteiger partial charge on any atom is 0.410 e. The summed E-state index contributed by atoms with van der Waals surface area (Å²) in [5, 5.41) is 13.8. The largest absolute Gasteiger partial charge is 0.462 e. The number of carbonyl (C=O) groups is 3. The molecule has 11 heteroatoms. The van der Waals surface area contributed by atoms with Gasteiger partial charge in [0.15, 0.2) is 0 Å². The smallest absolute Gasteiger partial charge is 0.410 e. The van der Waals surface area contributed by atoms with Gasteiger partial charge in [0.1, 0.15) is 5.00 Å². The van der Waals surface area contributed by atoms with Gasteiger partial charge in [-0.2, -0.15) is 0 Å². The fourth-order valence-electron chi connectivity index (χ4n) is 3.19. The summed E-state index contributed by atoms with van der Waals surface area (Å²) in [5.74, 6) is -1.06. The molecule has 2 heterocycles. The van der Waals surface area contributed by atoms with Crippen molar-refractivity contribution in [3.63, 3.8) is 0 Å². The Morgan fingerprint density at radius 3 is 2.45 bits per heavy atom. The molecule has 0 atom stereocenters. The Balaban J connectivity index is 1.88. The lowest BCUT2D eigenvalue weighted by Crippen LogP contribution is -2.36. The lowest BCUT2D eigenvalue weighted by molar-refractivity contribution is -0.384. The number of anilines is 1. The zero-order valence-electron chi connectivity index (χ0n) is 17.0. The molecule has 0 aliphatic carbocycles. The van der Waals surface area contributed by atoms with Gasteiger partial charge in [0.25, 0.3) is 11.6 Å². The molecule has 0 saturated heterocycles. The molecule has 3 rings (SSSR count). The van der Waals surface area contributed by atoms with Crippen molar-refractivity contribution in [1.82, 2.24) is 4.90 Å². The van der Waals surface area contributed by atoms with Crippen molar-refractivity contribution < 1.29 is 28.8 Å². The number of ether oxygens (including phenoxy) is 2. The van der Waals surface area contributed by atoms with Crippen LogP contribution in [0.1, 0.15) is 45.0 Å². The van der Waals surface area contributed by atoms with Gasteiger partial charge in [0, 0.05) is 29.1 Å². The fraction of sp³-hybridized carbons (Fsp3) is 0.350. The van der Waals surface area contributed by atoms with Gasteiger partial charge in [-0.15, -0.1) is 11.3 Å². The number of benzene rings is 1. The summed E-state index contributed by atoms with van der Waals surface area (Å²) < 4.78 is 10.2. The average molecular weight is 447 g/mol. The molecule has 0 radical (unpaired) electrons. The Bertz CT molecular complexity index is 1020. The van der Waals surface area contributed by atoms with Crippen LogP contribution in [0.2, 0.25) is 0 Å². The molecule has 1 aromatic carbocycles. The number of rotatable bonds is 6. The highest BCUT2D eigenvalue weighted by Crippen LogP contribution is 2.38. The Morgan fingerprint density at radius 1 is 1.16 bits per heavy atom. The van der Waals surface area contributed by atoms with E-state index in [9.17, 15) is 24.5 Å². The quantitative estimate of drug-likeness (QED) is 0.407. The van der Waals surface area contributed by atoms with Crippen molar-refractivity contribution in [3.05, 3.63) is 55.9 Å². The molecule has 2 aromatic rings. The van der Waals surface area contributed by atoms with Gasteiger partial charge in [-0.3, -0.25) is 14.9 Å². The maximum absolute atomic E-state index is 12.7. The molecular formula is C20H21N3O7S. The molecule has 1 aliphatic rings. The third-order valence-corrected chi connectivity index (χ3v) is 5.76. The molecule has 1 aliphatic heterocycles. The van der Waals surface area contributed by atoms with Crippen molar-refractivity contribution >= 4 is 40.0 Å². The second kappa shape index (κ2) is 9.56. The van der Waals surface area contributed by atoms with E-state index < -0.39 is 22.9 Å². The molecule has 0 spiro atoms. The van der Waals surface area contributed by atoms with Crippen LogP contribution in [0.3, 0.4) is 0 Å². The SMILES string of the molecule is CCOC(=O)c1c(NC(=O)c2ccc([N+](=O)[O-])cc2)sc2c1CCN(C(=O)OCC)C2. The molecule has 0 bridgehead atoms. The van der Waals surface area contributed by atoms with Gasteiger partial charge in [-0.25, -0.2) is 9.59 Å². The minimum absolute atomic E-state index is 0.130. The molecule has 2 amide bonds. The van der Waals surface area contributed by atoms with Gasteiger partial charge < -0.3 is 19.7 Å². The van der Waals surface area contributed by atoms with Crippen molar-refractivity contribution in [2.24, 2.45) is 0 Å². The van der Waals surface area contributed by atoms with Crippen molar-refractivity contribution in [3.8, 4) is 0 Å². The highest BCUT2D eigenvalue weighted by Gasteiger charge is 2.31. The monoisotopic (exact) mass is 447 g/mol. The number of nitrogens with zero attached hydrogens (tertiary/aromatic N) is 2. The second-order valence-corrected chi connectivity index (χ2v) is 7.66. The van der Waals surface area contributed by atoms with E-state index in [0.717, 1.165) is 10.4 Å². The Morgan fingerprint density at radius 2 is 1.84 bits per heavy atom.